The standard InChI is InChI=1S/C17H16FN3O2/c18-13-7-5-12(6-8-13)15(20-17(23)10-22)9-21-11-19-14-3-1-2-4-16(14)21/h1-8,11,15,22H,9-10H2,(H,20,23). The molecule has 1 aromatic heterocycles. The second-order valence-corrected chi connectivity index (χ2v) is 5.22. The maximum atomic E-state index is 13.1. The van der Waals surface area contributed by atoms with Gasteiger partial charge in [-0.1, -0.05) is 24.3 Å². The summed E-state index contributed by atoms with van der Waals surface area (Å²) in [5, 5.41) is 11.7. The van der Waals surface area contributed by atoms with E-state index >= 15 is 0 Å². The predicted molar refractivity (Wildman–Crippen MR) is 84.1 cm³/mol. The van der Waals surface area contributed by atoms with Gasteiger partial charge in [-0.2, -0.15) is 0 Å². The molecule has 0 saturated heterocycles. The number of aliphatic hydroxyl groups is 1. The van der Waals surface area contributed by atoms with Crippen LogP contribution in [0.15, 0.2) is 54.9 Å². The Hall–Kier alpha value is -2.73. The Morgan fingerprint density at radius 2 is 1.96 bits per heavy atom. The average Bonchev–Trinajstić information content (AvgIpc) is 2.98. The van der Waals surface area contributed by atoms with E-state index in [0.717, 1.165) is 16.6 Å². The Balaban J connectivity index is 1.91. The SMILES string of the molecule is O=C(CO)NC(Cn1cnc2ccccc21)c1ccc(F)cc1. The van der Waals surface area contributed by atoms with Crippen LogP contribution in [0.3, 0.4) is 0 Å². The third kappa shape index (κ3) is 3.37. The molecule has 0 fully saturated rings. The van der Waals surface area contributed by atoms with Crippen LogP contribution < -0.4 is 5.32 Å². The topological polar surface area (TPSA) is 67.2 Å². The van der Waals surface area contributed by atoms with E-state index in [4.69, 9.17) is 5.11 Å². The predicted octanol–water partition coefficient (Wildman–Crippen LogP) is 2.03. The Morgan fingerprint density at radius 3 is 2.70 bits per heavy atom. The van der Waals surface area contributed by atoms with Crippen LogP contribution in [-0.4, -0.2) is 27.2 Å². The minimum atomic E-state index is -0.595. The van der Waals surface area contributed by atoms with Crippen LogP contribution in [0.25, 0.3) is 11.0 Å². The lowest BCUT2D eigenvalue weighted by molar-refractivity contribution is -0.124. The van der Waals surface area contributed by atoms with Crippen LogP contribution in [0.4, 0.5) is 4.39 Å². The first-order valence-electron chi connectivity index (χ1n) is 7.23. The fourth-order valence-electron chi connectivity index (χ4n) is 2.52. The number of carbonyl (C=O) groups is 1. The van der Waals surface area contributed by atoms with Gasteiger partial charge < -0.3 is 15.0 Å². The monoisotopic (exact) mass is 313 g/mol. The highest BCUT2D eigenvalue weighted by molar-refractivity contribution is 5.77. The van der Waals surface area contributed by atoms with E-state index in [9.17, 15) is 9.18 Å². The number of hydrogen-bond donors (Lipinski definition) is 2. The highest BCUT2D eigenvalue weighted by atomic mass is 19.1. The molecule has 2 N–H and O–H groups in total. The number of halogens is 1. The molecule has 3 aromatic rings. The van der Waals surface area contributed by atoms with Crippen molar-refractivity contribution in [3.8, 4) is 0 Å². The van der Waals surface area contributed by atoms with Crippen molar-refractivity contribution in [1.82, 2.24) is 14.9 Å². The molecule has 0 aliphatic heterocycles. The molecule has 1 unspecified atom stereocenters. The molecule has 6 heteroatoms. The zero-order chi connectivity index (χ0) is 16.2. The number of rotatable bonds is 5. The summed E-state index contributed by atoms with van der Waals surface area (Å²) in [5.41, 5.74) is 2.56. The molecule has 1 amide bonds. The van der Waals surface area contributed by atoms with E-state index in [1.54, 1.807) is 18.5 Å². The molecule has 2 aromatic carbocycles. The van der Waals surface area contributed by atoms with Crippen LogP contribution >= 0.6 is 0 Å². The van der Waals surface area contributed by atoms with E-state index in [0.29, 0.717) is 6.54 Å². The van der Waals surface area contributed by atoms with Crippen molar-refractivity contribution < 1.29 is 14.3 Å². The first kappa shape index (κ1) is 15.2. The van der Waals surface area contributed by atoms with Crippen molar-refractivity contribution in [3.05, 3.63) is 66.2 Å². The van der Waals surface area contributed by atoms with Crippen molar-refractivity contribution in [1.29, 1.82) is 0 Å². The van der Waals surface area contributed by atoms with Crippen LogP contribution in [0.2, 0.25) is 0 Å². The van der Waals surface area contributed by atoms with Crippen LogP contribution in [0.1, 0.15) is 11.6 Å². The average molecular weight is 313 g/mol. The summed E-state index contributed by atoms with van der Waals surface area (Å²) in [6, 6.07) is 13.2. The van der Waals surface area contributed by atoms with E-state index in [1.165, 1.54) is 12.1 Å². The maximum absolute atomic E-state index is 13.1. The summed E-state index contributed by atoms with van der Waals surface area (Å²) in [6.07, 6.45) is 1.70. The zero-order valence-electron chi connectivity index (χ0n) is 12.3. The number of fused-ring (bicyclic) bond motifs is 1. The van der Waals surface area contributed by atoms with E-state index in [1.807, 2.05) is 28.8 Å². The Morgan fingerprint density at radius 1 is 1.22 bits per heavy atom. The molecule has 5 nitrogen and oxygen atoms in total. The molecule has 23 heavy (non-hydrogen) atoms. The minimum absolute atomic E-state index is 0.339. The van der Waals surface area contributed by atoms with Crippen molar-refractivity contribution in [2.24, 2.45) is 0 Å². The Kier molecular flexibility index (Phi) is 4.34. The molecule has 0 radical (unpaired) electrons. The molecule has 0 spiro atoms. The van der Waals surface area contributed by atoms with Crippen LogP contribution in [0, 0.1) is 5.82 Å². The number of carbonyl (C=O) groups excluding carboxylic acids is 1. The van der Waals surface area contributed by atoms with Gasteiger partial charge in [-0.15, -0.1) is 0 Å². The molecular formula is C17H16FN3O2. The number of nitrogens with zero attached hydrogens (tertiary/aromatic N) is 2. The number of para-hydroxylation sites is 2. The quantitative estimate of drug-likeness (QED) is 0.757. The van der Waals surface area contributed by atoms with Gasteiger partial charge in [0.05, 0.1) is 23.4 Å². The number of nitrogens with one attached hydrogen (secondary N) is 1. The molecule has 0 bridgehead atoms. The van der Waals surface area contributed by atoms with Gasteiger partial charge in [-0.25, -0.2) is 9.37 Å². The van der Waals surface area contributed by atoms with Gasteiger partial charge in [0.15, 0.2) is 0 Å². The molecule has 118 valence electrons. The second-order valence-electron chi connectivity index (χ2n) is 5.22. The van der Waals surface area contributed by atoms with Crippen molar-refractivity contribution in [2.45, 2.75) is 12.6 Å². The Labute approximate surface area is 132 Å². The number of benzene rings is 2. The summed E-state index contributed by atoms with van der Waals surface area (Å²) >= 11 is 0. The lowest BCUT2D eigenvalue weighted by Gasteiger charge is -2.20. The highest BCUT2D eigenvalue weighted by Gasteiger charge is 2.16. The zero-order valence-corrected chi connectivity index (χ0v) is 12.3. The fourth-order valence-corrected chi connectivity index (χ4v) is 2.52. The third-order valence-corrected chi connectivity index (χ3v) is 3.66. The maximum Gasteiger partial charge on any atom is 0.246 e. The van der Waals surface area contributed by atoms with Gasteiger partial charge in [0.2, 0.25) is 5.91 Å². The lowest BCUT2D eigenvalue weighted by atomic mass is 10.1. The van der Waals surface area contributed by atoms with Gasteiger partial charge in [0, 0.05) is 6.54 Å². The summed E-state index contributed by atoms with van der Waals surface area (Å²) in [7, 11) is 0. The fraction of sp³-hybridized carbons (Fsp3) is 0.176. The number of amides is 1. The first-order valence-corrected chi connectivity index (χ1v) is 7.23. The Bertz CT molecular complexity index is 814. The van der Waals surface area contributed by atoms with Gasteiger partial charge in [-0.3, -0.25) is 4.79 Å². The van der Waals surface area contributed by atoms with E-state index in [-0.39, 0.29) is 5.82 Å². The summed E-state index contributed by atoms with van der Waals surface area (Å²) in [5.74, 6) is -0.821. The lowest BCUT2D eigenvalue weighted by Crippen LogP contribution is -2.33. The second kappa shape index (κ2) is 6.58. The number of aliphatic hydroxyl groups excluding tert-OH is 1. The van der Waals surface area contributed by atoms with E-state index in [2.05, 4.69) is 10.3 Å². The largest absolute Gasteiger partial charge is 0.387 e. The summed E-state index contributed by atoms with van der Waals surface area (Å²) in [6.45, 7) is -0.166. The number of aromatic nitrogens is 2. The van der Waals surface area contributed by atoms with Crippen molar-refractivity contribution in [2.75, 3.05) is 6.61 Å². The van der Waals surface area contributed by atoms with Gasteiger partial charge in [0.25, 0.3) is 0 Å². The molecule has 1 heterocycles. The van der Waals surface area contributed by atoms with Gasteiger partial charge in [-0.05, 0) is 29.8 Å². The summed E-state index contributed by atoms with van der Waals surface area (Å²) in [4.78, 5) is 15.9. The van der Waals surface area contributed by atoms with Crippen molar-refractivity contribution >= 4 is 16.9 Å². The minimum Gasteiger partial charge on any atom is -0.387 e. The smallest absolute Gasteiger partial charge is 0.246 e. The number of imidazole rings is 1. The van der Waals surface area contributed by atoms with Gasteiger partial charge >= 0.3 is 0 Å². The first-order chi connectivity index (χ1) is 11.2. The summed E-state index contributed by atoms with van der Waals surface area (Å²) < 4.78 is 15.0. The molecule has 1 atom stereocenters. The molecule has 0 saturated carbocycles. The van der Waals surface area contributed by atoms with Gasteiger partial charge in [0.1, 0.15) is 12.4 Å². The highest BCUT2D eigenvalue weighted by Crippen LogP contribution is 2.19. The number of hydrogen-bond acceptors (Lipinski definition) is 3. The third-order valence-electron chi connectivity index (χ3n) is 3.66. The van der Waals surface area contributed by atoms with Crippen molar-refractivity contribution in [3.63, 3.8) is 0 Å². The molecular weight excluding hydrogens is 297 g/mol. The van der Waals surface area contributed by atoms with Crippen LogP contribution in [-0.2, 0) is 11.3 Å². The molecule has 3 rings (SSSR count). The van der Waals surface area contributed by atoms with E-state index < -0.39 is 18.6 Å². The van der Waals surface area contributed by atoms with Crippen LogP contribution in [0.5, 0.6) is 0 Å². The molecule has 0 aliphatic carbocycles. The molecule has 0 aliphatic rings. The normalized spacial score (nSPS) is 12.3.